The molecule has 0 aromatic heterocycles. The number of hydrogen-bond donors (Lipinski definition) is 0. The zero-order chi connectivity index (χ0) is 17.3. The van der Waals surface area contributed by atoms with Crippen molar-refractivity contribution >= 4 is 10.0 Å². The molecule has 1 saturated heterocycles. The Bertz CT molecular complexity index is 628. The van der Waals surface area contributed by atoms with Crippen LogP contribution in [-0.2, 0) is 14.8 Å². The molecule has 0 N–H and O–H groups in total. The number of hydrogen-bond acceptors (Lipinski definition) is 4. The van der Waals surface area contributed by atoms with E-state index in [9.17, 15) is 8.42 Å². The van der Waals surface area contributed by atoms with Crippen molar-refractivity contribution in [2.75, 3.05) is 33.8 Å². The summed E-state index contributed by atoms with van der Waals surface area (Å²) in [5.74, 6) is 0. The Balaban J connectivity index is 2.18. The van der Waals surface area contributed by atoms with Crippen molar-refractivity contribution in [1.82, 2.24) is 9.21 Å². The van der Waals surface area contributed by atoms with Crippen LogP contribution >= 0.6 is 0 Å². The molecule has 1 aliphatic heterocycles. The molecule has 2 rings (SSSR count). The molecule has 1 fully saturated rings. The first-order valence-electron chi connectivity index (χ1n) is 8.01. The van der Waals surface area contributed by atoms with Crippen LogP contribution in [0.1, 0.15) is 25.8 Å². The number of sulfonamides is 1. The maximum atomic E-state index is 12.9. The largest absolute Gasteiger partial charge is 0.372 e. The van der Waals surface area contributed by atoms with Crippen LogP contribution in [-0.4, -0.2) is 63.1 Å². The molecule has 6 heteroatoms. The molecule has 23 heavy (non-hydrogen) atoms. The number of rotatable bonds is 5. The molecule has 1 aliphatic rings. The third-order valence-corrected chi connectivity index (χ3v) is 6.43. The van der Waals surface area contributed by atoms with E-state index in [1.165, 1.54) is 0 Å². The van der Waals surface area contributed by atoms with Crippen LogP contribution in [0.3, 0.4) is 0 Å². The van der Waals surface area contributed by atoms with E-state index in [1.54, 1.807) is 16.4 Å². The smallest absolute Gasteiger partial charge is 0.243 e. The maximum Gasteiger partial charge on any atom is 0.243 e. The summed E-state index contributed by atoms with van der Waals surface area (Å²) in [6.07, 6.45) is 0.792. The number of nitrogens with zero attached hydrogens (tertiary/aromatic N) is 2. The summed E-state index contributed by atoms with van der Waals surface area (Å²) in [5, 5.41) is 0. The van der Waals surface area contributed by atoms with E-state index in [0.29, 0.717) is 30.6 Å². The molecule has 0 bridgehead atoms. The van der Waals surface area contributed by atoms with Crippen LogP contribution in [0.4, 0.5) is 0 Å². The van der Waals surface area contributed by atoms with E-state index in [1.807, 2.05) is 40.1 Å². The standard InChI is InChI=1S/C17H28N2O3S/c1-14-6-8-16(9-7-14)23(20,21)19-10-11-22-17(3,13-19)12-15(2)18(4)5/h6-9,15H,10-13H2,1-5H3/t15-,17-/m0/s1. The minimum atomic E-state index is -3.47. The highest BCUT2D eigenvalue weighted by molar-refractivity contribution is 7.89. The van der Waals surface area contributed by atoms with Gasteiger partial charge < -0.3 is 9.64 Å². The van der Waals surface area contributed by atoms with Gasteiger partial charge in [0.1, 0.15) is 0 Å². The average molecular weight is 340 g/mol. The van der Waals surface area contributed by atoms with Crippen molar-refractivity contribution in [3.63, 3.8) is 0 Å². The number of ether oxygens (including phenoxy) is 1. The Hall–Kier alpha value is -0.950. The second kappa shape index (κ2) is 6.89. The highest BCUT2D eigenvalue weighted by Gasteiger charge is 2.39. The summed E-state index contributed by atoms with van der Waals surface area (Å²) >= 11 is 0. The average Bonchev–Trinajstić information content (AvgIpc) is 2.47. The molecule has 0 spiro atoms. The van der Waals surface area contributed by atoms with Gasteiger partial charge in [0.15, 0.2) is 0 Å². The Morgan fingerprint density at radius 3 is 2.48 bits per heavy atom. The molecular weight excluding hydrogens is 312 g/mol. The molecule has 1 heterocycles. The Labute approximate surface area is 140 Å². The van der Waals surface area contributed by atoms with Crippen molar-refractivity contribution in [2.45, 2.75) is 43.7 Å². The van der Waals surface area contributed by atoms with E-state index in [4.69, 9.17) is 4.74 Å². The van der Waals surface area contributed by atoms with Crippen LogP contribution in [0.2, 0.25) is 0 Å². The topological polar surface area (TPSA) is 49.9 Å². The van der Waals surface area contributed by atoms with Crippen LogP contribution < -0.4 is 0 Å². The Kier molecular flexibility index (Phi) is 5.51. The van der Waals surface area contributed by atoms with Gasteiger partial charge in [-0.25, -0.2) is 8.42 Å². The lowest BCUT2D eigenvalue weighted by atomic mass is 9.96. The summed E-state index contributed by atoms with van der Waals surface area (Å²) in [4.78, 5) is 2.48. The molecule has 2 atom stereocenters. The second-order valence-electron chi connectivity index (χ2n) is 6.97. The summed E-state index contributed by atoms with van der Waals surface area (Å²) in [7, 11) is 0.585. The van der Waals surface area contributed by atoms with Crippen molar-refractivity contribution in [1.29, 1.82) is 0 Å². The monoisotopic (exact) mass is 340 g/mol. The molecule has 0 radical (unpaired) electrons. The molecule has 1 aromatic rings. The Morgan fingerprint density at radius 1 is 1.30 bits per heavy atom. The first kappa shape index (κ1) is 18.4. The van der Waals surface area contributed by atoms with Gasteiger partial charge in [-0.05, 0) is 53.4 Å². The molecule has 1 aromatic carbocycles. The van der Waals surface area contributed by atoms with Gasteiger partial charge in [0.25, 0.3) is 0 Å². The predicted octanol–water partition coefficient (Wildman–Crippen LogP) is 2.11. The lowest BCUT2D eigenvalue weighted by molar-refractivity contribution is -0.0902. The molecule has 5 nitrogen and oxygen atoms in total. The van der Waals surface area contributed by atoms with Crippen LogP contribution in [0.15, 0.2) is 29.2 Å². The van der Waals surface area contributed by atoms with E-state index < -0.39 is 15.6 Å². The third kappa shape index (κ3) is 4.32. The molecular formula is C17H28N2O3S. The Morgan fingerprint density at radius 2 is 1.91 bits per heavy atom. The fraction of sp³-hybridized carbons (Fsp3) is 0.647. The number of aryl methyl sites for hydroxylation is 1. The van der Waals surface area contributed by atoms with E-state index in [0.717, 1.165) is 12.0 Å². The highest BCUT2D eigenvalue weighted by Crippen LogP contribution is 2.28. The summed E-state index contributed by atoms with van der Waals surface area (Å²) < 4.78 is 33.2. The fourth-order valence-electron chi connectivity index (χ4n) is 2.89. The minimum Gasteiger partial charge on any atom is -0.372 e. The van der Waals surface area contributed by atoms with Gasteiger partial charge in [-0.15, -0.1) is 0 Å². The predicted molar refractivity (Wildman–Crippen MR) is 92.1 cm³/mol. The molecule has 0 saturated carbocycles. The summed E-state index contributed by atoms with van der Waals surface area (Å²) in [6.45, 7) is 7.31. The molecule has 130 valence electrons. The first-order chi connectivity index (χ1) is 10.6. The van der Waals surface area contributed by atoms with E-state index in [-0.39, 0.29) is 0 Å². The van der Waals surface area contributed by atoms with Gasteiger partial charge in [-0.2, -0.15) is 4.31 Å². The zero-order valence-electron chi connectivity index (χ0n) is 14.7. The number of benzene rings is 1. The summed E-state index contributed by atoms with van der Waals surface area (Å²) in [5.41, 5.74) is 0.593. The van der Waals surface area contributed by atoms with Crippen molar-refractivity contribution < 1.29 is 13.2 Å². The van der Waals surface area contributed by atoms with E-state index >= 15 is 0 Å². The third-order valence-electron chi connectivity index (χ3n) is 4.57. The van der Waals surface area contributed by atoms with Crippen LogP contribution in [0.25, 0.3) is 0 Å². The molecule has 0 amide bonds. The van der Waals surface area contributed by atoms with Gasteiger partial charge in [0.2, 0.25) is 10.0 Å². The van der Waals surface area contributed by atoms with Crippen molar-refractivity contribution in [2.24, 2.45) is 0 Å². The van der Waals surface area contributed by atoms with Gasteiger partial charge in [0, 0.05) is 19.1 Å². The quantitative estimate of drug-likeness (QED) is 0.824. The van der Waals surface area contributed by atoms with Gasteiger partial charge in [-0.1, -0.05) is 17.7 Å². The SMILES string of the molecule is Cc1ccc(S(=O)(=O)N2CCO[C@@](C)(C[C@H](C)N(C)C)C2)cc1. The van der Waals surface area contributed by atoms with Gasteiger partial charge in [-0.3, -0.25) is 0 Å². The lowest BCUT2D eigenvalue weighted by Crippen LogP contribution is -2.54. The fourth-order valence-corrected chi connectivity index (χ4v) is 4.42. The zero-order valence-corrected chi connectivity index (χ0v) is 15.6. The normalized spacial score (nSPS) is 24.8. The summed E-state index contributed by atoms with van der Waals surface area (Å²) in [6, 6.07) is 7.35. The maximum absolute atomic E-state index is 12.9. The first-order valence-corrected chi connectivity index (χ1v) is 9.45. The minimum absolute atomic E-state index is 0.321. The molecule has 0 aliphatic carbocycles. The van der Waals surface area contributed by atoms with E-state index in [2.05, 4.69) is 11.8 Å². The lowest BCUT2D eigenvalue weighted by Gasteiger charge is -2.42. The van der Waals surface area contributed by atoms with Crippen LogP contribution in [0, 0.1) is 6.92 Å². The van der Waals surface area contributed by atoms with Crippen molar-refractivity contribution in [3.05, 3.63) is 29.8 Å². The number of morpholine rings is 1. The van der Waals surface area contributed by atoms with Gasteiger partial charge in [0.05, 0.1) is 17.1 Å². The van der Waals surface area contributed by atoms with Crippen molar-refractivity contribution in [3.8, 4) is 0 Å². The molecule has 0 unspecified atom stereocenters. The van der Waals surface area contributed by atoms with Crippen LogP contribution in [0.5, 0.6) is 0 Å². The van der Waals surface area contributed by atoms with Gasteiger partial charge >= 0.3 is 0 Å². The second-order valence-corrected chi connectivity index (χ2v) is 8.90. The highest BCUT2D eigenvalue weighted by atomic mass is 32.2.